The van der Waals surface area contributed by atoms with E-state index in [1.165, 1.54) is 18.2 Å². The highest BCUT2D eigenvalue weighted by atomic mass is 19.4. The molecule has 3 aromatic rings. The summed E-state index contributed by atoms with van der Waals surface area (Å²) in [6.45, 7) is 0. The second-order valence-corrected chi connectivity index (χ2v) is 10.8. The van der Waals surface area contributed by atoms with Gasteiger partial charge in [-0.05, 0) is 64.7 Å². The average molecular weight is 709 g/mol. The topological polar surface area (TPSA) is 167 Å². The molecular weight excluding hydrogens is 701 g/mol. The first-order chi connectivity index (χ1) is 24.4. The predicted octanol–water partition coefficient (Wildman–Crippen LogP) is 9.11. The van der Waals surface area contributed by atoms with E-state index in [-0.39, 0.29) is 45.0 Å². The lowest BCUT2D eigenvalue weighted by Crippen LogP contribution is -2.12. The van der Waals surface area contributed by atoms with Crippen molar-refractivity contribution in [3.05, 3.63) is 115 Å². The van der Waals surface area contributed by atoms with Crippen molar-refractivity contribution in [3.8, 4) is 42.5 Å². The van der Waals surface area contributed by atoms with E-state index in [0.29, 0.717) is 18.2 Å². The lowest BCUT2D eigenvalue weighted by molar-refractivity contribution is -0.143. The van der Waals surface area contributed by atoms with Crippen molar-refractivity contribution in [3.63, 3.8) is 0 Å². The second kappa shape index (κ2) is 12.4. The zero-order valence-corrected chi connectivity index (χ0v) is 25.2. The Hall–Kier alpha value is -7.58. The van der Waals surface area contributed by atoms with Crippen LogP contribution in [0.3, 0.4) is 0 Å². The number of alkyl halides is 9. The van der Waals surface area contributed by atoms with Gasteiger partial charge in [-0.2, -0.15) is 76.3 Å². The van der Waals surface area contributed by atoms with Crippen molar-refractivity contribution in [2.75, 3.05) is 0 Å². The Labute approximate surface area is 286 Å². The van der Waals surface area contributed by atoms with Gasteiger partial charge in [0, 0.05) is 33.4 Å². The summed E-state index contributed by atoms with van der Waals surface area (Å²) in [6, 6.07) is 15.8. The molecule has 52 heavy (non-hydrogen) atoms. The minimum atomic E-state index is -5.33. The van der Waals surface area contributed by atoms with Crippen molar-refractivity contribution < 1.29 is 39.5 Å². The quantitative estimate of drug-likeness (QED) is 0.189. The van der Waals surface area contributed by atoms with Crippen LogP contribution in [0, 0.1) is 79.3 Å². The molecule has 3 aromatic carbocycles. The molecule has 0 saturated carbocycles. The summed E-state index contributed by atoms with van der Waals surface area (Å²) in [5, 5.41) is 69.6. The predicted molar refractivity (Wildman–Crippen MR) is 160 cm³/mol. The summed E-state index contributed by atoms with van der Waals surface area (Å²) in [5.41, 5.74) is -12.4. The third-order valence-corrected chi connectivity index (χ3v) is 8.02. The Kier molecular flexibility index (Phi) is 8.51. The van der Waals surface area contributed by atoms with E-state index in [0.717, 1.165) is 24.3 Å². The molecule has 0 atom stereocenters. The fraction of sp³-hybridized carbons (Fsp3) is 0.0833. The molecule has 0 unspecified atom stereocenters. The largest absolute Gasteiger partial charge is 0.417 e. The molecule has 0 spiro atoms. The highest BCUT2D eigenvalue weighted by molar-refractivity contribution is 6.29. The zero-order valence-electron chi connectivity index (χ0n) is 25.2. The van der Waals surface area contributed by atoms with E-state index in [1.807, 2.05) is 6.07 Å². The van der Waals surface area contributed by atoms with Gasteiger partial charge < -0.3 is 0 Å². The number of halogens is 9. The van der Waals surface area contributed by atoms with Crippen LogP contribution in [0.4, 0.5) is 39.5 Å². The molecular formula is C36H8F9N7. The van der Waals surface area contributed by atoms with Crippen LogP contribution in [0.1, 0.15) is 55.6 Å². The molecule has 2 aliphatic rings. The van der Waals surface area contributed by atoms with Crippen molar-refractivity contribution in [1.29, 1.82) is 36.8 Å². The van der Waals surface area contributed by atoms with Gasteiger partial charge in [-0.25, -0.2) is 0 Å². The standard InChI is InChI=1S/C36H8F9N7/c37-34(38,39)21-4-17(5-22(6-21)35(40,41)42)31-28(15-52)24-7-23-25(8-26(24)33(31)20(12-49)13-50)32(19(10-47)11-48)30(27(23)14-51)16-1-2-29(36(43,44)45)18(3-16)9-46/h1-8H. The number of benzene rings is 3. The number of allylic oxidation sites excluding steroid dienone is 8. The van der Waals surface area contributed by atoms with Crippen molar-refractivity contribution in [1.82, 2.24) is 0 Å². The lowest BCUT2D eigenvalue weighted by atomic mass is 9.88. The maximum Gasteiger partial charge on any atom is 0.417 e. The molecule has 0 heterocycles. The van der Waals surface area contributed by atoms with Gasteiger partial charge in [0.2, 0.25) is 0 Å². The number of nitrogens with zero attached hydrogens (tertiary/aromatic N) is 7. The van der Waals surface area contributed by atoms with Crippen LogP contribution < -0.4 is 0 Å². The number of nitriles is 7. The van der Waals surface area contributed by atoms with E-state index >= 15 is 0 Å². The molecule has 0 fully saturated rings. The van der Waals surface area contributed by atoms with Gasteiger partial charge in [-0.15, -0.1) is 0 Å². The van der Waals surface area contributed by atoms with Crippen LogP contribution >= 0.6 is 0 Å². The molecule has 7 nitrogen and oxygen atoms in total. The molecule has 2 aliphatic carbocycles. The Morgan fingerprint density at radius 2 is 0.865 bits per heavy atom. The van der Waals surface area contributed by atoms with E-state index < -0.39 is 79.8 Å². The minimum absolute atomic E-state index is 0.168. The average Bonchev–Trinajstić information content (AvgIpc) is 3.58. The van der Waals surface area contributed by atoms with Crippen LogP contribution in [-0.4, -0.2) is 0 Å². The third kappa shape index (κ3) is 5.66. The number of hydrogen-bond donors (Lipinski definition) is 0. The Morgan fingerprint density at radius 3 is 1.23 bits per heavy atom. The number of rotatable bonds is 2. The molecule has 0 radical (unpaired) electrons. The summed E-state index contributed by atoms with van der Waals surface area (Å²) in [4.78, 5) is 0. The Bertz CT molecular complexity index is 2530. The van der Waals surface area contributed by atoms with Crippen molar-refractivity contribution >= 4 is 33.4 Å². The van der Waals surface area contributed by atoms with Crippen LogP contribution in [0.25, 0.3) is 33.4 Å². The van der Waals surface area contributed by atoms with Crippen LogP contribution in [0.15, 0.2) is 59.7 Å². The van der Waals surface area contributed by atoms with Gasteiger partial charge in [-0.1, -0.05) is 6.07 Å². The van der Waals surface area contributed by atoms with Gasteiger partial charge >= 0.3 is 18.5 Å². The summed E-state index contributed by atoms with van der Waals surface area (Å²) in [5.74, 6) is 0. The first-order valence-corrected chi connectivity index (χ1v) is 13.9. The third-order valence-electron chi connectivity index (χ3n) is 8.02. The molecule has 0 bridgehead atoms. The summed E-state index contributed by atoms with van der Waals surface area (Å²) < 4.78 is 124. The Morgan fingerprint density at radius 1 is 0.442 bits per heavy atom. The SMILES string of the molecule is N#CC(C#N)=C1C(c2cc(C(F)(F)F)cc(C(F)(F)F)c2)=C(C#N)c2cc3c(cc21)C(=C(C#N)C#N)C(c1ccc(C(F)(F)F)c(C#N)c1)=C3C#N. The molecule has 0 aliphatic heterocycles. The van der Waals surface area contributed by atoms with E-state index in [4.69, 9.17) is 0 Å². The molecule has 0 saturated heterocycles. The number of fused-ring (bicyclic) bond motifs is 2. The first-order valence-electron chi connectivity index (χ1n) is 13.9. The maximum atomic E-state index is 13.9. The molecule has 5 rings (SSSR count). The fourth-order valence-corrected chi connectivity index (χ4v) is 5.96. The summed E-state index contributed by atoms with van der Waals surface area (Å²) in [7, 11) is 0. The van der Waals surface area contributed by atoms with Gasteiger partial charge in [0.05, 0.1) is 39.5 Å². The molecule has 16 heteroatoms. The van der Waals surface area contributed by atoms with Crippen LogP contribution in [-0.2, 0) is 18.5 Å². The molecule has 250 valence electrons. The lowest BCUT2D eigenvalue weighted by Gasteiger charge is -2.16. The van der Waals surface area contributed by atoms with Gasteiger partial charge in [0.15, 0.2) is 0 Å². The molecule has 0 N–H and O–H groups in total. The molecule has 0 amide bonds. The summed E-state index contributed by atoms with van der Waals surface area (Å²) >= 11 is 0. The smallest absolute Gasteiger partial charge is 0.192 e. The highest BCUT2D eigenvalue weighted by Gasteiger charge is 2.41. The van der Waals surface area contributed by atoms with Crippen LogP contribution in [0.2, 0.25) is 0 Å². The zero-order chi connectivity index (χ0) is 38.5. The Balaban J connectivity index is 1.94. The van der Waals surface area contributed by atoms with E-state index in [1.54, 1.807) is 18.2 Å². The van der Waals surface area contributed by atoms with E-state index in [9.17, 15) is 76.3 Å². The number of hydrogen-bond acceptors (Lipinski definition) is 7. The van der Waals surface area contributed by atoms with Gasteiger partial charge in [0.1, 0.15) is 47.6 Å². The van der Waals surface area contributed by atoms with E-state index in [2.05, 4.69) is 0 Å². The van der Waals surface area contributed by atoms with Crippen molar-refractivity contribution in [2.24, 2.45) is 0 Å². The normalized spacial score (nSPS) is 13.5. The van der Waals surface area contributed by atoms with Gasteiger partial charge in [0.25, 0.3) is 0 Å². The first kappa shape index (κ1) is 35.7. The monoisotopic (exact) mass is 709 g/mol. The molecule has 0 aromatic heterocycles. The van der Waals surface area contributed by atoms with Crippen LogP contribution in [0.5, 0.6) is 0 Å². The minimum Gasteiger partial charge on any atom is -0.192 e. The van der Waals surface area contributed by atoms with Gasteiger partial charge in [-0.3, -0.25) is 0 Å². The second-order valence-electron chi connectivity index (χ2n) is 10.8. The fourth-order valence-electron chi connectivity index (χ4n) is 5.96. The highest BCUT2D eigenvalue weighted by Crippen LogP contribution is 2.55. The van der Waals surface area contributed by atoms with Crippen molar-refractivity contribution in [2.45, 2.75) is 18.5 Å². The maximum absolute atomic E-state index is 13.9. The summed E-state index contributed by atoms with van der Waals surface area (Å²) in [6.07, 6.45) is -15.6.